The van der Waals surface area contributed by atoms with Gasteiger partial charge in [0.05, 0.1) is 45.0 Å². The van der Waals surface area contributed by atoms with E-state index in [2.05, 4.69) is 15.3 Å². The highest BCUT2D eigenvalue weighted by molar-refractivity contribution is 5.92. The molecule has 0 aliphatic carbocycles. The molecule has 13 heteroatoms. The molecule has 6 N–H and O–H groups in total. The fourth-order valence-corrected chi connectivity index (χ4v) is 3.54. The van der Waals surface area contributed by atoms with Crippen molar-refractivity contribution in [2.75, 3.05) is 14.2 Å². The van der Waals surface area contributed by atoms with E-state index in [4.69, 9.17) is 29.9 Å². The van der Waals surface area contributed by atoms with Crippen molar-refractivity contribution in [3.8, 4) is 17.0 Å². The van der Waals surface area contributed by atoms with Gasteiger partial charge in [0.15, 0.2) is 5.60 Å². The van der Waals surface area contributed by atoms with E-state index >= 15 is 0 Å². The summed E-state index contributed by atoms with van der Waals surface area (Å²) in [5.74, 6) is -4.08. The molecule has 2 aromatic carbocycles. The number of hydrogen-bond acceptors (Lipinski definition) is 9. The molecule has 1 atom stereocenters. The Kier molecular flexibility index (Phi) is 11.3. The van der Waals surface area contributed by atoms with Gasteiger partial charge in [-0.15, -0.1) is 0 Å². The molecule has 214 valence electrons. The summed E-state index contributed by atoms with van der Waals surface area (Å²) >= 11 is 0. The van der Waals surface area contributed by atoms with Crippen LogP contribution in [0.5, 0.6) is 5.75 Å². The molecule has 13 nitrogen and oxygen atoms in total. The lowest BCUT2D eigenvalue weighted by molar-refractivity contribution is -0.170. The molecule has 3 rings (SSSR count). The lowest BCUT2D eigenvalue weighted by Crippen LogP contribution is -2.42. The van der Waals surface area contributed by atoms with E-state index in [0.717, 1.165) is 22.6 Å². The zero-order valence-electron chi connectivity index (χ0n) is 22.1. The van der Waals surface area contributed by atoms with Gasteiger partial charge in [0.25, 0.3) is 0 Å². The van der Waals surface area contributed by atoms with Crippen LogP contribution >= 0.6 is 0 Å². The van der Waals surface area contributed by atoms with Crippen molar-refractivity contribution < 1.29 is 49.1 Å². The smallest absolute Gasteiger partial charge is 0.341 e. The molecule has 0 saturated heterocycles. The molecule has 1 heterocycles. The largest absolute Gasteiger partial charge is 0.496 e. The summed E-state index contributed by atoms with van der Waals surface area (Å²) in [6.45, 7) is 2.62. The van der Waals surface area contributed by atoms with Gasteiger partial charge >= 0.3 is 23.9 Å². The van der Waals surface area contributed by atoms with Gasteiger partial charge in [-0.1, -0.05) is 36.4 Å². The first-order chi connectivity index (χ1) is 18.9. The predicted molar refractivity (Wildman–Crippen MR) is 141 cm³/mol. The zero-order valence-corrected chi connectivity index (χ0v) is 22.1. The number of aliphatic hydroxyl groups is 1. The Bertz CT molecular complexity index is 1310. The second-order valence-electron chi connectivity index (χ2n) is 8.65. The minimum atomic E-state index is -2.74. The van der Waals surface area contributed by atoms with Crippen molar-refractivity contribution in [2.45, 2.75) is 38.0 Å². The molecule has 3 aromatic rings. The summed E-state index contributed by atoms with van der Waals surface area (Å²) in [6, 6.07) is 15.6. The van der Waals surface area contributed by atoms with Crippen LogP contribution in [-0.2, 0) is 25.7 Å². The van der Waals surface area contributed by atoms with Crippen LogP contribution in [-0.4, -0.2) is 74.1 Å². The summed E-state index contributed by atoms with van der Waals surface area (Å²) < 4.78 is 10.0. The maximum absolute atomic E-state index is 11.9. The number of carboxylic acids is 3. The Hall–Kier alpha value is -4.75. The van der Waals surface area contributed by atoms with E-state index in [1.54, 1.807) is 12.1 Å². The van der Waals surface area contributed by atoms with Crippen LogP contribution < -0.4 is 10.1 Å². The SMILES string of the molecule is COC(=O)c1cc(CNC(C)c2ncc(-c3ccccc3)[nH]2)ccc1OC.O=C(O)CC(O)(CC(=O)O)C(=O)O. The Labute approximate surface area is 229 Å². The summed E-state index contributed by atoms with van der Waals surface area (Å²) in [6.07, 6.45) is -0.450. The predicted octanol–water partition coefficient (Wildman–Crippen LogP) is 2.47. The van der Waals surface area contributed by atoms with Crippen molar-refractivity contribution in [1.82, 2.24) is 15.3 Å². The van der Waals surface area contributed by atoms with Crippen molar-refractivity contribution in [3.63, 3.8) is 0 Å². The lowest BCUT2D eigenvalue weighted by Gasteiger charge is -2.18. The van der Waals surface area contributed by atoms with Gasteiger partial charge in [-0.2, -0.15) is 0 Å². The number of benzene rings is 2. The van der Waals surface area contributed by atoms with E-state index in [9.17, 15) is 19.2 Å². The van der Waals surface area contributed by atoms with Gasteiger partial charge in [0.2, 0.25) is 0 Å². The van der Waals surface area contributed by atoms with Gasteiger partial charge in [0.1, 0.15) is 17.1 Å². The van der Waals surface area contributed by atoms with E-state index in [0.29, 0.717) is 17.9 Å². The molecule has 0 amide bonds. The first-order valence-electron chi connectivity index (χ1n) is 11.9. The minimum absolute atomic E-state index is 0.0196. The second-order valence-corrected chi connectivity index (χ2v) is 8.65. The van der Waals surface area contributed by atoms with Gasteiger partial charge in [-0.3, -0.25) is 9.59 Å². The summed E-state index contributed by atoms with van der Waals surface area (Å²) in [5, 5.41) is 37.2. The third kappa shape index (κ3) is 8.92. The fourth-order valence-electron chi connectivity index (χ4n) is 3.54. The Morgan fingerprint density at radius 2 is 1.62 bits per heavy atom. The van der Waals surface area contributed by atoms with Crippen LogP contribution in [0.1, 0.15) is 47.6 Å². The number of ether oxygens (including phenoxy) is 2. The van der Waals surface area contributed by atoms with E-state index in [-0.39, 0.29) is 6.04 Å². The lowest BCUT2D eigenvalue weighted by atomic mass is 9.96. The highest BCUT2D eigenvalue weighted by Gasteiger charge is 2.40. The number of aromatic nitrogens is 2. The van der Waals surface area contributed by atoms with Crippen LogP contribution in [0.15, 0.2) is 54.7 Å². The van der Waals surface area contributed by atoms with Gasteiger partial charge in [-0.25, -0.2) is 14.6 Å². The average Bonchev–Trinajstić information content (AvgIpc) is 3.41. The zero-order chi connectivity index (χ0) is 29.9. The fraction of sp³-hybridized carbons (Fsp3) is 0.296. The molecule has 0 radical (unpaired) electrons. The number of imidazole rings is 1. The standard InChI is InChI=1S/C21H23N3O3.C6H8O7/c1-14(20-23-13-18(24-20)16-7-5-4-6-8-16)22-12-15-9-10-19(26-2)17(11-15)21(25)27-3;7-3(8)1-6(13,5(11)12)2-4(9)10/h4-11,13-14,22H,12H2,1-3H3,(H,23,24);13H,1-2H2,(H,7,8)(H,9,10)(H,11,12). The van der Waals surface area contributed by atoms with Crippen LogP contribution in [0, 0.1) is 0 Å². The van der Waals surface area contributed by atoms with E-state index < -0.39 is 42.3 Å². The number of esters is 1. The Morgan fingerprint density at radius 3 is 2.15 bits per heavy atom. The Balaban J connectivity index is 0.000000366. The van der Waals surface area contributed by atoms with Crippen molar-refractivity contribution in [1.29, 1.82) is 0 Å². The summed E-state index contributed by atoms with van der Waals surface area (Å²) in [7, 11) is 2.89. The number of rotatable bonds is 12. The molecule has 1 unspecified atom stereocenters. The van der Waals surface area contributed by atoms with Crippen LogP contribution in [0.3, 0.4) is 0 Å². The maximum Gasteiger partial charge on any atom is 0.341 e. The summed E-state index contributed by atoms with van der Waals surface area (Å²) in [4.78, 5) is 50.2. The third-order valence-corrected chi connectivity index (χ3v) is 5.66. The van der Waals surface area contributed by atoms with Gasteiger partial charge < -0.3 is 40.2 Å². The number of carboxylic acid groups (broad SMARTS) is 3. The first-order valence-corrected chi connectivity index (χ1v) is 11.9. The molecule has 0 bridgehead atoms. The number of nitrogens with zero attached hydrogens (tertiary/aromatic N) is 1. The van der Waals surface area contributed by atoms with Crippen LogP contribution in [0.2, 0.25) is 0 Å². The monoisotopic (exact) mass is 557 g/mol. The normalized spacial score (nSPS) is 11.5. The molecular weight excluding hydrogens is 526 g/mol. The average molecular weight is 558 g/mol. The van der Waals surface area contributed by atoms with E-state index in [1.807, 2.05) is 49.5 Å². The molecule has 1 aromatic heterocycles. The second kappa shape index (κ2) is 14.4. The van der Waals surface area contributed by atoms with E-state index in [1.165, 1.54) is 14.2 Å². The molecule has 0 fully saturated rings. The maximum atomic E-state index is 11.9. The van der Waals surface area contributed by atoms with Crippen LogP contribution in [0.4, 0.5) is 0 Å². The molecule has 0 aliphatic heterocycles. The highest BCUT2D eigenvalue weighted by atomic mass is 16.5. The molecule has 0 saturated carbocycles. The number of aliphatic carboxylic acids is 3. The van der Waals surface area contributed by atoms with Gasteiger partial charge in [-0.05, 0) is 30.2 Å². The number of nitrogens with one attached hydrogen (secondary N) is 2. The van der Waals surface area contributed by atoms with Crippen molar-refractivity contribution in [2.24, 2.45) is 0 Å². The van der Waals surface area contributed by atoms with Gasteiger partial charge in [0, 0.05) is 6.54 Å². The van der Waals surface area contributed by atoms with Crippen molar-refractivity contribution >= 4 is 23.9 Å². The number of carbonyl (C=O) groups excluding carboxylic acids is 1. The number of methoxy groups -OCH3 is 2. The number of aromatic amines is 1. The number of H-pyrrole nitrogens is 1. The topological polar surface area (TPSA) is 208 Å². The van der Waals surface area contributed by atoms with Crippen molar-refractivity contribution in [3.05, 3.63) is 71.7 Å². The number of carbonyl (C=O) groups is 4. The van der Waals surface area contributed by atoms with Crippen LogP contribution in [0.25, 0.3) is 11.3 Å². The quantitative estimate of drug-likeness (QED) is 0.177. The Morgan fingerprint density at radius 1 is 1.00 bits per heavy atom. The minimum Gasteiger partial charge on any atom is -0.496 e. The molecule has 0 spiro atoms. The number of hydrogen-bond donors (Lipinski definition) is 6. The first kappa shape index (κ1) is 31.5. The molecule has 40 heavy (non-hydrogen) atoms. The summed E-state index contributed by atoms with van der Waals surface area (Å²) in [5.41, 5.74) is 0.713. The third-order valence-electron chi connectivity index (χ3n) is 5.66. The molecule has 0 aliphatic rings. The highest BCUT2D eigenvalue weighted by Crippen LogP contribution is 2.22. The molecular formula is C27H31N3O10.